The number of esters is 1. The Labute approximate surface area is 171 Å². The highest BCUT2D eigenvalue weighted by atomic mass is 19.4. The minimum atomic E-state index is -4.52. The molecular weight excluding hydrogens is 407 g/mol. The molecule has 11 heteroatoms. The predicted molar refractivity (Wildman–Crippen MR) is 100 cm³/mol. The molecule has 8 nitrogen and oxygen atoms in total. The van der Waals surface area contributed by atoms with Crippen LogP contribution in [0.3, 0.4) is 0 Å². The molecule has 0 saturated heterocycles. The summed E-state index contributed by atoms with van der Waals surface area (Å²) in [6.07, 6.45) is -4.52. The van der Waals surface area contributed by atoms with E-state index in [2.05, 4.69) is 10.6 Å². The van der Waals surface area contributed by atoms with E-state index in [1.807, 2.05) is 0 Å². The van der Waals surface area contributed by atoms with Gasteiger partial charge in [-0.05, 0) is 45.0 Å². The number of likely N-dealkylation sites (N-methyl/N-ethyl adjacent to an activating group) is 1. The van der Waals surface area contributed by atoms with Gasteiger partial charge >= 0.3 is 12.1 Å². The lowest BCUT2D eigenvalue weighted by Crippen LogP contribution is -2.44. The number of alkyl halides is 3. The molecule has 0 aliphatic carbocycles. The third-order valence-corrected chi connectivity index (χ3v) is 3.74. The Balaban J connectivity index is 2.45. The summed E-state index contributed by atoms with van der Waals surface area (Å²) < 4.78 is 42.3. The number of amides is 3. The standard InChI is InChI=1S/C19H24F3N3O5/c1-4-25(10-15(26)24-12(2)3)16(27)11-30-17(28)9-23-18(29)13-5-7-14(8-6-13)19(20,21)22/h5-8,12H,4,9-11H2,1-3H3,(H,23,29)(H,24,26). The molecule has 1 aromatic carbocycles. The number of nitrogens with one attached hydrogen (secondary N) is 2. The van der Waals surface area contributed by atoms with Gasteiger partial charge in [0.1, 0.15) is 6.54 Å². The lowest BCUT2D eigenvalue weighted by molar-refractivity contribution is -0.151. The number of benzene rings is 1. The van der Waals surface area contributed by atoms with E-state index in [4.69, 9.17) is 4.74 Å². The van der Waals surface area contributed by atoms with E-state index in [0.717, 1.165) is 24.3 Å². The van der Waals surface area contributed by atoms with Crippen LogP contribution in [0.15, 0.2) is 24.3 Å². The van der Waals surface area contributed by atoms with Crippen molar-refractivity contribution in [3.63, 3.8) is 0 Å². The summed E-state index contributed by atoms with van der Waals surface area (Å²) in [5.41, 5.74) is -0.972. The van der Waals surface area contributed by atoms with Crippen LogP contribution < -0.4 is 10.6 Å². The van der Waals surface area contributed by atoms with Gasteiger partial charge in [0.25, 0.3) is 11.8 Å². The minimum absolute atomic E-state index is 0.0693. The summed E-state index contributed by atoms with van der Waals surface area (Å²) in [5, 5.41) is 4.83. The molecule has 0 aromatic heterocycles. The lowest BCUT2D eigenvalue weighted by Gasteiger charge is -2.21. The summed E-state index contributed by atoms with van der Waals surface area (Å²) in [4.78, 5) is 48.6. The van der Waals surface area contributed by atoms with Crippen LogP contribution >= 0.6 is 0 Å². The zero-order valence-corrected chi connectivity index (χ0v) is 16.8. The third-order valence-electron chi connectivity index (χ3n) is 3.74. The molecule has 2 N–H and O–H groups in total. The number of carbonyl (C=O) groups excluding carboxylic acids is 4. The fraction of sp³-hybridized carbons (Fsp3) is 0.474. The van der Waals surface area contributed by atoms with E-state index in [0.29, 0.717) is 0 Å². The van der Waals surface area contributed by atoms with Crippen LogP contribution in [0.1, 0.15) is 36.7 Å². The topological polar surface area (TPSA) is 105 Å². The van der Waals surface area contributed by atoms with Gasteiger partial charge < -0.3 is 20.3 Å². The van der Waals surface area contributed by atoms with Gasteiger partial charge in [-0.1, -0.05) is 0 Å². The fourth-order valence-corrected chi connectivity index (χ4v) is 2.27. The van der Waals surface area contributed by atoms with Gasteiger partial charge in [0, 0.05) is 18.2 Å². The molecule has 0 spiro atoms. The van der Waals surface area contributed by atoms with Crippen molar-refractivity contribution in [1.29, 1.82) is 0 Å². The van der Waals surface area contributed by atoms with Gasteiger partial charge in [0.2, 0.25) is 5.91 Å². The predicted octanol–water partition coefficient (Wildman–Crippen LogP) is 1.35. The molecule has 1 aromatic rings. The molecule has 30 heavy (non-hydrogen) atoms. The molecule has 0 fully saturated rings. The van der Waals surface area contributed by atoms with Crippen molar-refractivity contribution in [2.45, 2.75) is 33.0 Å². The van der Waals surface area contributed by atoms with E-state index in [1.165, 1.54) is 4.90 Å². The van der Waals surface area contributed by atoms with Gasteiger partial charge in [-0.3, -0.25) is 19.2 Å². The van der Waals surface area contributed by atoms with E-state index < -0.39 is 42.7 Å². The van der Waals surface area contributed by atoms with Gasteiger partial charge in [-0.25, -0.2) is 0 Å². The molecule has 0 unspecified atom stereocenters. The van der Waals surface area contributed by atoms with Crippen LogP contribution in [0.2, 0.25) is 0 Å². The van der Waals surface area contributed by atoms with E-state index in [-0.39, 0.29) is 30.6 Å². The maximum Gasteiger partial charge on any atom is 0.416 e. The second-order valence-electron chi connectivity index (χ2n) is 6.55. The number of carbonyl (C=O) groups is 4. The van der Waals surface area contributed by atoms with Crippen molar-refractivity contribution in [1.82, 2.24) is 15.5 Å². The zero-order valence-electron chi connectivity index (χ0n) is 16.8. The Morgan fingerprint density at radius 3 is 2.20 bits per heavy atom. The molecule has 0 atom stereocenters. The number of nitrogens with zero attached hydrogens (tertiary/aromatic N) is 1. The highest BCUT2D eigenvalue weighted by Gasteiger charge is 2.30. The first-order chi connectivity index (χ1) is 13.9. The monoisotopic (exact) mass is 431 g/mol. The molecular formula is C19H24F3N3O5. The first-order valence-corrected chi connectivity index (χ1v) is 9.12. The Kier molecular flexibility index (Phi) is 9.28. The van der Waals surface area contributed by atoms with Crippen LogP contribution in [-0.4, -0.2) is 60.9 Å². The Hall–Kier alpha value is -3.11. The number of hydrogen-bond donors (Lipinski definition) is 2. The number of halogens is 3. The van der Waals surface area contributed by atoms with Crippen LogP contribution in [0.25, 0.3) is 0 Å². The second kappa shape index (κ2) is 11.2. The SMILES string of the molecule is CCN(CC(=O)NC(C)C)C(=O)COC(=O)CNC(=O)c1ccc(C(F)(F)F)cc1. The van der Waals surface area contributed by atoms with Gasteiger partial charge in [0.15, 0.2) is 6.61 Å². The second-order valence-corrected chi connectivity index (χ2v) is 6.55. The average molecular weight is 431 g/mol. The lowest BCUT2D eigenvalue weighted by atomic mass is 10.1. The Morgan fingerprint density at radius 1 is 1.10 bits per heavy atom. The summed E-state index contributed by atoms with van der Waals surface area (Å²) in [6.45, 7) is 4.06. The first kappa shape index (κ1) is 24.9. The van der Waals surface area contributed by atoms with Crippen molar-refractivity contribution in [2.24, 2.45) is 0 Å². The summed E-state index contributed by atoms with van der Waals surface area (Å²) in [7, 11) is 0. The van der Waals surface area contributed by atoms with Crippen molar-refractivity contribution in [3.8, 4) is 0 Å². The van der Waals surface area contributed by atoms with Gasteiger partial charge in [0.05, 0.1) is 12.1 Å². The van der Waals surface area contributed by atoms with Crippen molar-refractivity contribution in [3.05, 3.63) is 35.4 Å². The van der Waals surface area contributed by atoms with Crippen LogP contribution in [-0.2, 0) is 25.3 Å². The molecule has 1 rings (SSSR count). The molecule has 0 heterocycles. The average Bonchev–Trinajstić information content (AvgIpc) is 2.67. The zero-order chi connectivity index (χ0) is 22.9. The quantitative estimate of drug-likeness (QED) is 0.575. The number of hydrogen-bond acceptors (Lipinski definition) is 5. The van der Waals surface area contributed by atoms with Crippen molar-refractivity contribution in [2.75, 3.05) is 26.2 Å². The molecule has 0 aliphatic heterocycles. The molecule has 0 radical (unpaired) electrons. The van der Waals surface area contributed by atoms with Crippen molar-refractivity contribution >= 4 is 23.7 Å². The maximum absolute atomic E-state index is 12.5. The number of rotatable bonds is 9. The van der Waals surface area contributed by atoms with Crippen molar-refractivity contribution < 1.29 is 37.1 Å². The van der Waals surface area contributed by atoms with Crippen LogP contribution in [0.4, 0.5) is 13.2 Å². The molecule has 3 amide bonds. The Morgan fingerprint density at radius 2 is 1.70 bits per heavy atom. The first-order valence-electron chi connectivity index (χ1n) is 9.12. The molecule has 166 valence electrons. The van der Waals surface area contributed by atoms with E-state index in [1.54, 1.807) is 20.8 Å². The van der Waals surface area contributed by atoms with Gasteiger partial charge in [-0.2, -0.15) is 13.2 Å². The summed E-state index contributed by atoms with van der Waals surface area (Å²) in [5.74, 6) is -2.62. The normalized spacial score (nSPS) is 11.0. The van der Waals surface area contributed by atoms with E-state index in [9.17, 15) is 32.3 Å². The minimum Gasteiger partial charge on any atom is -0.454 e. The smallest absolute Gasteiger partial charge is 0.416 e. The van der Waals surface area contributed by atoms with Gasteiger partial charge in [-0.15, -0.1) is 0 Å². The Bertz CT molecular complexity index is 764. The maximum atomic E-state index is 12.5. The third kappa shape index (κ3) is 8.50. The summed E-state index contributed by atoms with van der Waals surface area (Å²) in [6, 6.07) is 3.38. The molecule has 0 aliphatic rings. The largest absolute Gasteiger partial charge is 0.454 e. The highest BCUT2D eigenvalue weighted by molar-refractivity contribution is 5.96. The highest BCUT2D eigenvalue weighted by Crippen LogP contribution is 2.29. The van der Waals surface area contributed by atoms with E-state index >= 15 is 0 Å². The molecule has 0 saturated carbocycles. The number of ether oxygens (including phenoxy) is 1. The summed E-state index contributed by atoms with van der Waals surface area (Å²) >= 11 is 0. The van der Waals surface area contributed by atoms with Crippen LogP contribution in [0.5, 0.6) is 0 Å². The van der Waals surface area contributed by atoms with Crippen LogP contribution in [0, 0.1) is 0 Å². The fourth-order valence-electron chi connectivity index (χ4n) is 2.27. The molecule has 0 bridgehead atoms.